The van der Waals surface area contributed by atoms with Gasteiger partial charge in [0.15, 0.2) is 0 Å². The highest BCUT2D eigenvalue weighted by atomic mass is 16.5. The molecular weight excluding hydrogens is 382 g/mol. The molecule has 30 heavy (non-hydrogen) atoms. The predicted octanol–water partition coefficient (Wildman–Crippen LogP) is 2.97. The van der Waals surface area contributed by atoms with Crippen LogP contribution in [0.5, 0.6) is 5.75 Å². The van der Waals surface area contributed by atoms with E-state index in [0.29, 0.717) is 24.7 Å². The molecule has 1 N–H and O–H groups in total. The first-order valence-electron chi connectivity index (χ1n) is 10.5. The van der Waals surface area contributed by atoms with Crippen LogP contribution in [0.15, 0.2) is 53.6 Å². The Hall–Kier alpha value is -3.06. The van der Waals surface area contributed by atoms with Gasteiger partial charge in [-0.3, -0.25) is 9.59 Å². The number of piperidine rings is 1. The third kappa shape index (κ3) is 3.61. The first-order valence-corrected chi connectivity index (χ1v) is 10.5. The summed E-state index contributed by atoms with van der Waals surface area (Å²) in [6, 6.07) is 11.7. The summed E-state index contributed by atoms with van der Waals surface area (Å²) in [6.45, 7) is 2.85. The van der Waals surface area contributed by atoms with Gasteiger partial charge in [0.25, 0.3) is 5.91 Å². The van der Waals surface area contributed by atoms with Gasteiger partial charge in [0, 0.05) is 56.4 Å². The molecule has 1 aromatic carbocycles. The number of nitrogens with zero attached hydrogens (tertiary/aromatic N) is 2. The van der Waals surface area contributed by atoms with E-state index >= 15 is 0 Å². The molecule has 0 aliphatic carbocycles. The minimum atomic E-state index is -0.206. The molecule has 0 spiro atoms. The van der Waals surface area contributed by atoms with E-state index in [-0.39, 0.29) is 17.6 Å². The molecule has 2 aromatic heterocycles. The van der Waals surface area contributed by atoms with Crippen molar-refractivity contribution in [3.05, 3.63) is 64.7 Å². The lowest BCUT2D eigenvalue weighted by atomic mass is 10.1. The molecule has 3 aromatic rings. The number of carbonyl (C=O) groups is 1. The van der Waals surface area contributed by atoms with E-state index in [9.17, 15) is 9.59 Å². The number of hydrogen-bond donors (Lipinski definition) is 1. The number of benzene rings is 1. The van der Waals surface area contributed by atoms with Crippen molar-refractivity contribution in [1.82, 2.24) is 14.5 Å². The van der Waals surface area contributed by atoms with Crippen LogP contribution in [0.3, 0.4) is 0 Å². The Morgan fingerprint density at radius 1 is 1.10 bits per heavy atom. The molecule has 156 valence electrons. The Bertz CT molecular complexity index is 1080. The van der Waals surface area contributed by atoms with Crippen LogP contribution < -0.4 is 10.3 Å². The molecule has 0 radical (unpaired) electrons. The molecule has 5 rings (SSSR count). The van der Waals surface area contributed by atoms with E-state index in [1.54, 1.807) is 6.07 Å². The summed E-state index contributed by atoms with van der Waals surface area (Å²) in [7, 11) is 0. The molecule has 2 fully saturated rings. The number of H-pyrrole nitrogens is 1. The number of ether oxygens (including phenoxy) is 2. The zero-order valence-electron chi connectivity index (χ0n) is 16.8. The lowest BCUT2D eigenvalue weighted by molar-refractivity contribution is 0.0597. The van der Waals surface area contributed by atoms with Gasteiger partial charge in [0.1, 0.15) is 11.9 Å². The van der Waals surface area contributed by atoms with Crippen molar-refractivity contribution in [1.29, 1.82) is 0 Å². The fourth-order valence-electron chi connectivity index (χ4n) is 4.41. The van der Waals surface area contributed by atoms with Gasteiger partial charge in [0.05, 0.1) is 23.7 Å². The normalized spacial score (nSPS) is 20.0. The summed E-state index contributed by atoms with van der Waals surface area (Å²) in [5, 5.41) is 1.12. The van der Waals surface area contributed by atoms with Crippen LogP contribution in [-0.2, 0) is 4.74 Å². The molecular formula is C23H25N3O4. The number of hydrogen-bond acceptors (Lipinski definition) is 4. The van der Waals surface area contributed by atoms with Crippen molar-refractivity contribution in [3.8, 4) is 5.75 Å². The molecule has 0 saturated carbocycles. The fraction of sp³-hybridized carbons (Fsp3) is 0.391. The highest BCUT2D eigenvalue weighted by Crippen LogP contribution is 2.32. The van der Waals surface area contributed by atoms with Crippen molar-refractivity contribution in [2.75, 3.05) is 26.3 Å². The third-order valence-electron chi connectivity index (χ3n) is 6.08. The summed E-state index contributed by atoms with van der Waals surface area (Å²) in [5.74, 6) is 0.846. The molecule has 2 saturated heterocycles. The summed E-state index contributed by atoms with van der Waals surface area (Å²) in [4.78, 5) is 28.2. The van der Waals surface area contributed by atoms with E-state index in [2.05, 4.69) is 27.9 Å². The number of carbonyl (C=O) groups excluding carboxylic acids is 1. The summed E-state index contributed by atoms with van der Waals surface area (Å²) < 4.78 is 14.2. The van der Waals surface area contributed by atoms with E-state index in [0.717, 1.165) is 43.6 Å². The first-order chi connectivity index (χ1) is 14.7. The van der Waals surface area contributed by atoms with Crippen molar-refractivity contribution in [2.45, 2.75) is 31.4 Å². The zero-order chi connectivity index (χ0) is 20.5. The topological polar surface area (TPSA) is 76.6 Å². The van der Waals surface area contributed by atoms with Crippen molar-refractivity contribution >= 4 is 16.8 Å². The number of aromatic amines is 1. The monoisotopic (exact) mass is 407 g/mol. The van der Waals surface area contributed by atoms with Crippen LogP contribution in [0.1, 0.15) is 35.7 Å². The summed E-state index contributed by atoms with van der Waals surface area (Å²) in [6.07, 6.45) is 6.28. The molecule has 0 bridgehead atoms. The second kappa shape index (κ2) is 7.99. The molecule has 1 unspecified atom stereocenters. The number of rotatable bonds is 4. The average Bonchev–Trinajstić information content (AvgIpc) is 3.44. The Labute approximate surface area is 174 Å². The first kappa shape index (κ1) is 18.9. The van der Waals surface area contributed by atoms with Gasteiger partial charge in [-0.25, -0.2) is 0 Å². The van der Waals surface area contributed by atoms with Crippen LogP contribution in [-0.4, -0.2) is 52.8 Å². The van der Waals surface area contributed by atoms with Gasteiger partial charge in [-0.05, 0) is 30.7 Å². The molecule has 4 heterocycles. The summed E-state index contributed by atoms with van der Waals surface area (Å²) in [5.41, 5.74) is 1.48. The molecule has 2 aliphatic rings. The molecule has 1 atom stereocenters. The number of nitrogens with one attached hydrogen (secondary N) is 1. The lowest BCUT2D eigenvalue weighted by Gasteiger charge is -2.32. The van der Waals surface area contributed by atoms with E-state index < -0.39 is 0 Å². The fourth-order valence-corrected chi connectivity index (χ4v) is 4.41. The maximum absolute atomic E-state index is 12.6. The van der Waals surface area contributed by atoms with Crippen LogP contribution in [0.25, 0.3) is 10.9 Å². The minimum absolute atomic E-state index is 0.0531. The largest absolute Gasteiger partial charge is 0.490 e. The number of aromatic nitrogens is 2. The average molecular weight is 407 g/mol. The van der Waals surface area contributed by atoms with E-state index in [1.807, 2.05) is 17.0 Å². The van der Waals surface area contributed by atoms with Gasteiger partial charge in [-0.15, -0.1) is 0 Å². The zero-order valence-corrected chi connectivity index (χ0v) is 16.8. The quantitative estimate of drug-likeness (QED) is 0.721. The van der Waals surface area contributed by atoms with Gasteiger partial charge < -0.3 is 23.9 Å². The van der Waals surface area contributed by atoms with Crippen LogP contribution in [0.4, 0.5) is 0 Å². The lowest BCUT2D eigenvalue weighted by Crippen LogP contribution is -2.41. The number of amides is 1. The predicted molar refractivity (Wildman–Crippen MR) is 113 cm³/mol. The van der Waals surface area contributed by atoms with Crippen LogP contribution >= 0.6 is 0 Å². The van der Waals surface area contributed by atoms with Gasteiger partial charge in [0.2, 0.25) is 5.56 Å². The molecule has 7 nitrogen and oxygen atoms in total. The van der Waals surface area contributed by atoms with Gasteiger partial charge in [-0.1, -0.05) is 6.07 Å². The number of fused-ring (bicyclic) bond motifs is 1. The van der Waals surface area contributed by atoms with Crippen molar-refractivity contribution < 1.29 is 14.3 Å². The van der Waals surface area contributed by atoms with E-state index in [4.69, 9.17) is 9.47 Å². The van der Waals surface area contributed by atoms with Gasteiger partial charge >= 0.3 is 0 Å². The van der Waals surface area contributed by atoms with Crippen LogP contribution in [0.2, 0.25) is 0 Å². The Kier molecular flexibility index (Phi) is 5.04. The third-order valence-corrected chi connectivity index (χ3v) is 6.08. The molecule has 7 heteroatoms. The second-order valence-corrected chi connectivity index (χ2v) is 7.98. The standard InChI is InChI=1S/C23H25N3O4/c27-22-5-4-16(14-24-22)23(28)25-10-6-18(7-11-25)30-21-3-1-2-20-19(21)8-12-26(20)17-9-13-29-15-17/h1-5,8,12,14,17-18H,6-7,9-11,13,15H2,(H,24,27). The number of likely N-dealkylation sites (tertiary alicyclic amines) is 1. The van der Waals surface area contributed by atoms with E-state index in [1.165, 1.54) is 17.8 Å². The maximum Gasteiger partial charge on any atom is 0.255 e. The van der Waals surface area contributed by atoms with Gasteiger partial charge in [-0.2, -0.15) is 0 Å². The highest BCUT2D eigenvalue weighted by Gasteiger charge is 2.26. The maximum atomic E-state index is 12.6. The Balaban J connectivity index is 1.25. The smallest absolute Gasteiger partial charge is 0.255 e. The Morgan fingerprint density at radius 2 is 1.97 bits per heavy atom. The van der Waals surface area contributed by atoms with Crippen LogP contribution in [0, 0.1) is 0 Å². The molecule has 2 aliphatic heterocycles. The second-order valence-electron chi connectivity index (χ2n) is 7.98. The Morgan fingerprint density at radius 3 is 2.70 bits per heavy atom. The summed E-state index contributed by atoms with van der Waals surface area (Å²) >= 11 is 0. The highest BCUT2D eigenvalue weighted by molar-refractivity contribution is 5.94. The molecule has 1 amide bonds. The number of pyridine rings is 1. The van der Waals surface area contributed by atoms with Crippen molar-refractivity contribution in [2.24, 2.45) is 0 Å². The SMILES string of the molecule is O=C(c1ccc(=O)[nH]c1)N1CCC(Oc2cccc3c2ccn3C2CCOC2)CC1. The minimum Gasteiger partial charge on any atom is -0.490 e. The van der Waals surface area contributed by atoms with Crippen molar-refractivity contribution in [3.63, 3.8) is 0 Å².